The van der Waals surface area contributed by atoms with Crippen LogP contribution in [0.25, 0.3) is 0 Å². The molecule has 1 heterocycles. The third-order valence-electron chi connectivity index (χ3n) is 4.45. The summed E-state index contributed by atoms with van der Waals surface area (Å²) in [5.41, 5.74) is 2.59. The van der Waals surface area contributed by atoms with Gasteiger partial charge < -0.3 is 9.64 Å². The van der Waals surface area contributed by atoms with Crippen LogP contribution in [0, 0.1) is 0 Å². The van der Waals surface area contributed by atoms with E-state index in [2.05, 4.69) is 45.0 Å². The fraction of sp³-hybridized carbons (Fsp3) is 0.381. The minimum Gasteiger partial charge on any atom is -0.484 e. The van der Waals surface area contributed by atoms with Gasteiger partial charge >= 0.3 is 0 Å². The van der Waals surface area contributed by atoms with E-state index in [-0.39, 0.29) is 23.3 Å². The molecule has 2 aromatic rings. The van der Waals surface area contributed by atoms with Gasteiger partial charge in [-0.1, -0.05) is 56.6 Å². The van der Waals surface area contributed by atoms with E-state index in [1.807, 2.05) is 4.90 Å². The second-order valence-corrected chi connectivity index (χ2v) is 9.05. The molecule has 0 radical (unpaired) electrons. The minimum absolute atomic E-state index is 0.00912. The van der Waals surface area contributed by atoms with Crippen LogP contribution in [0.3, 0.4) is 0 Å². The minimum atomic E-state index is 0.00912. The van der Waals surface area contributed by atoms with Gasteiger partial charge in [-0.15, -0.1) is 11.8 Å². The zero-order chi connectivity index (χ0) is 18.7. The maximum atomic E-state index is 12.7. The van der Waals surface area contributed by atoms with Gasteiger partial charge in [0, 0.05) is 17.3 Å². The predicted octanol–water partition coefficient (Wildman–Crippen LogP) is 5.29. The monoisotopic (exact) mass is 389 g/mol. The number of ether oxygens (including phenoxy) is 1. The second-order valence-electron chi connectivity index (χ2n) is 7.42. The number of halogens is 1. The summed E-state index contributed by atoms with van der Waals surface area (Å²) in [7, 11) is 0. The molecule has 0 N–H and O–H groups in total. The molecule has 1 aliphatic heterocycles. The first-order chi connectivity index (χ1) is 12.3. The number of nitrogens with zero attached hydrogens (tertiary/aromatic N) is 1. The Hall–Kier alpha value is -1.65. The second kappa shape index (κ2) is 7.93. The van der Waals surface area contributed by atoms with E-state index >= 15 is 0 Å². The van der Waals surface area contributed by atoms with Crippen molar-refractivity contribution in [3.05, 3.63) is 64.7 Å². The van der Waals surface area contributed by atoms with Crippen LogP contribution < -0.4 is 4.74 Å². The highest BCUT2D eigenvalue weighted by Crippen LogP contribution is 2.38. The molecule has 0 saturated carbocycles. The first-order valence-corrected chi connectivity index (χ1v) is 10.2. The zero-order valence-corrected chi connectivity index (χ0v) is 16.9. The van der Waals surface area contributed by atoms with E-state index in [9.17, 15) is 4.79 Å². The third kappa shape index (κ3) is 4.54. The van der Waals surface area contributed by atoms with Crippen LogP contribution in [0.15, 0.2) is 48.5 Å². The Morgan fingerprint density at radius 3 is 2.42 bits per heavy atom. The number of rotatable bonds is 4. The number of carbonyl (C=O) groups excluding carboxylic acids is 1. The van der Waals surface area contributed by atoms with E-state index < -0.39 is 0 Å². The number of benzene rings is 2. The fourth-order valence-corrected chi connectivity index (χ4v) is 4.31. The zero-order valence-electron chi connectivity index (χ0n) is 15.4. The van der Waals surface area contributed by atoms with E-state index in [1.165, 1.54) is 11.1 Å². The molecule has 2 aromatic carbocycles. The molecule has 5 heteroatoms. The molecule has 138 valence electrons. The van der Waals surface area contributed by atoms with Crippen molar-refractivity contribution in [1.82, 2.24) is 4.90 Å². The normalized spacial score (nSPS) is 17.4. The summed E-state index contributed by atoms with van der Waals surface area (Å²) in [6.07, 6.45) is 0. The maximum absolute atomic E-state index is 12.7. The van der Waals surface area contributed by atoms with Gasteiger partial charge in [0.2, 0.25) is 0 Å². The van der Waals surface area contributed by atoms with Gasteiger partial charge in [-0.2, -0.15) is 0 Å². The Morgan fingerprint density at radius 1 is 1.15 bits per heavy atom. The maximum Gasteiger partial charge on any atom is 0.261 e. The Balaban J connectivity index is 1.65. The summed E-state index contributed by atoms with van der Waals surface area (Å²) in [6, 6.07) is 15.7. The summed E-state index contributed by atoms with van der Waals surface area (Å²) >= 11 is 7.67. The molecule has 3 rings (SSSR count). The molecule has 1 atom stereocenters. The molecule has 1 amide bonds. The summed E-state index contributed by atoms with van der Waals surface area (Å²) in [6.45, 7) is 7.40. The van der Waals surface area contributed by atoms with Crippen molar-refractivity contribution in [2.45, 2.75) is 31.6 Å². The number of amides is 1. The lowest BCUT2D eigenvalue weighted by Gasteiger charge is -2.25. The highest BCUT2D eigenvalue weighted by molar-refractivity contribution is 7.99. The van der Waals surface area contributed by atoms with E-state index in [4.69, 9.17) is 16.3 Å². The van der Waals surface area contributed by atoms with Crippen molar-refractivity contribution < 1.29 is 9.53 Å². The molecule has 1 saturated heterocycles. The van der Waals surface area contributed by atoms with Crippen LogP contribution in [0.2, 0.25) is 5.02 Å². The van der Waals surface area contributed by atoms with Crippen molar-refractivity contribution >= 4 is 29.3 Å². The molecule has 3 nitrogen and oxygen atoms in total. The smallest absolute Gasteiger partial charge is 0.261 e. The highest BCUT2D eigenvalue weighted by Gasteiger charge is 2.31. The summed E-state index contributed by atoms with van der Waals surface area (Å²) < 4.78 is 5.62. The van der Waals surface area contributed by atoms with Crippen LogP contribution in [-0.4, -0.2) is 29.7 Å². The lowest BCUT2D eigenvalue weighted by molar-refractivity contribution is -0.133. The molecule has 26 heavy (non-hydrogen) atoms. The van der Waals surface area contributed by atoms with Gasteiger partial charge in [-0.05, 0) is 40.8 Å². The standard InChI is InChI=1S/C21H24ClNO2S/c1-21(2,3)16-6-4-15(5-7-16)20-23(12-13-26-20)19(24)14-25-18-10-8-17(22)9-11-18/h4-11,20H,12-14H2,1-3H3. The molecule has 0 aromatic heterocycles. The lowest BCUT2D eigenvalue weighted by Crippen LogP contribution is -2.34. The Labute approximate surface area is 164 Å². The van der Waals surface area contributed by atoms with Gasteiger partial charge in [0.1, 0.15) is 11.1 Å². The molecular weight excluding hydrogens is 366 g/mol. The quantitative estimate of drug-likeness (QED) is 0.711. The van der Waals surface area contributed by atoms with Gasteiger partial charge in [-0.25, -0.2) is 0 Å². The largest absolute Gasteiger partial charge is 0.484 e. The molecule has 0 bridgehead atoms. The van der Waals surface area contributed by atoms with Crippen LogP contribution >= 0.6 is 23.4 Å². The van der Waals surface area contributed by atoms with Gasteiger partial charge in [0.05, 0.1) is 0 Å². The van der Waals surface area contributed by atoms with Crippen molar-refractivity contribution in [3.8, 4) is 5.75 Å². The van der Waals surface area contributed by atoms with Crippen molar-refractivity contribution in [2.24, 2.45) is 0 Å². The van der Waals surface area contributed by atoms with Crippen LogP contribution in [-0.2, 0) is 10.2 Å². The number of hydrogen-bond acceptors (Lipinski definition) is 3. The number of thioether (sulfide) groups is 1. The first kappa shape index (κ1) is 19.1. The summed E-state index contributed by atoms with van der Waals surface area (Å²) in [5.74, 6) is 1.61. The van der Waals surface area contributed by atoms with Crippen molar-refractivity contribution in [3.63, 3.8) is 0 Å². The van der Waals surface area contributed by atoms with E-state index in [1.54, 1.807) is 36.0 Å². The Morgan fingerprint density at radius 2 is 1.81 bits per heavy atom. The molecule has 1 unspecified atom stereocenters. The van der Waals surface area contributed by atoms with Crippen molar-refractivity contribution in [1.29, 1.82) is 0 Å². The topological polar surface area (TPSA) is 29.5 Å². The molecule has 1 aliphatic rings. The van der Waals surface area contributed by atoms with Gasteiger partial charge in [-0.3, -0.25) is 4.79 Å². The highest BCUT2D eigenvalue weighted by atomic mass is 35.5. The lowest BCUT2D eigenvalue weighted by atomic mass is 9.87. The van der Waals surface area contributed by atoms with E-state index in [0.717, 1.165) is 12.3 Å². The SMILES string of the molecule is CC(C)(C)c1ccc(C2SCCN2C(=O)COc2ccc(Cl)cc2)cc1. The van der Waals surface area contributed by atoms with Gasteiger partial charge in [0.15, 0.2) is 6.61 Å². The van der Waals surface area contributed by atoms with Crippen LogP contribution in [0.4, 0.5) is 0 Å². The summed E-state index contributed by atoms with van der Waals surface area (Å²) in [5, 5.41) is 0.712. The van der Waals surface area contributed by atoms with E-state index in [0.29, 0.717) is 10.8 Å². The summed E-state index contributed by atoms with van der Waals surface area (Å²) in [4.78, 5) is 14.6. The molecule has 0 aliphatic carbocycles. The van der Waals surface area contributed by atoms with Crippen LogP contribution in [0.5, 0.6) is 5.75 Å². The van der Waals surface area contributed by atoms with Gasteiger partial charge in [0.25, 0.3) is 5.91 Å². The number of hydrogen-bond donors (Lipinski definition) is 0. The number of carbonyl (C=O) groups is 1. The average molecular weight is 390 g/mol. The van der Waals surface area contributed by atoms with Crippen LogP contribution in [0.1, 0.15) is 37.3 Å². The fourth-order valence-electron chi connectivity index (χ4n) is 2.91. The molecular formula is C21H24ClNO2S. The molecule has 0 spiro atoms. The average Bonchev–Trinajstić information content (AvgIpc) is 3.10. The Bertz CT molecular complexity index is 753. The Kier molecular flexibility index (Phi) is 5.83. The molecule has 1 fully saturated rings. The van der Waals surface area contributed by atoms with Crippen molar-refractivity contribution in [2.75, 3.05) is 18.9 Å². The first-order valence-electron chi connectivity index (χ1n) is 8.74. The predicted molar refractivity (Wildman–Crippen MR) is 109 cm³/mol. The third-order valence-corrected chi connectivity index (χ3v) is 5.96.